The normalized spacial score (nSPS) is 9.73. The topological polar surface area (TPSA) is 77.8 Å². The highest BCUT2D eigenvalue weighted by Gasteiger charge is 2.17. The van der Waals surface area contributed by atoms with Gasteiger partial charge in [0.15, 0.2) is 0 Å². The van der Waals surface area contributed by atoms with Gasteiger partial charge < -0.3 is 10.2 Å². The summed E-state index contributed by atoms with van der Waals surface area (Å²) in [5, 5.41) is 18.4. The third kappa shape index (κ3) is 2.46. The van der Waals surface area contributed by atoms with Gasteiger partial charge in [0, 0.05) is 32.0 Å². The van der Waals surface area contributed by atoms with Crippen molar-refractivity contribution in [2.45, 2.75) is 13.8 Å². The number of amides is 2. The molecule has 80 valence electrons. The molecule has 0 aliphatic heterocycles. The number of hydrogen-bond donors (Lipinski definition) is 2. The van der Waals surface area contributed by atoms with Crippen molar-refractivity contribution in [3.63, 3.8) is 0 Å². The molecule has 2 N–H and O–H groups in total. The third-order valence-corrected chi connectivity index (χ3v) is 1.78. The van der Waals surface area contributed by atoms with E-state index in [1.165, 1.54) is 26.0 Å². The van der Waals surface area contributed by atoms with Gasteiger partial charge in [-0.05, 0) is 0 Å². The lowest BCUT2D eigenvalue weighted by molar-refractivity contribution is -0.124. The van der Waals surface area contributed by atoms with E-state index < -0.39 is 11.8 Å². The number of carbonyl (C=O) groups is 2. The number of phenolic OH excluding ortho intramolecular Hbond substituents is 2. The van der Waals surface area contributed by atoms with Crippen LogP contribution in [0.5, 0.6) is 11.5 Å². The Morgan fingerprint density at radius 1 is 1.00 bits per heavy atom. The van der Waals surface area contributed by atoms with Gasteiger partial charge in [-0.3, -0.25) is 14.5 Å². The molecule has 1 aromatic carbocycles. The smallest absolute Gasteiger partial charge is 0.230 e. The van der Waals surface area contributed by atoms with Crippen LogP contribution in [0.3, 0.4) is 0 Å². The first-order valence-electron chi connectivity index (χ1n) is 4.26. The zero-order valence-electron chi connectivity index (χ0n) is 8.39. The molecule has 0 aliphatic rings. The summed E-state index contributed by atoms with van der Waals surface area (Å²) in [5.41, 5.74) is 0.146. The second kappa shape index (κ2) is 4.00. The van der Waals surface area contributed by atoms with E-state index >= 15 is 0 Å². The number of hydrogen-bond acceptors (Lipinski definition) is 4. The van der Waals surface area contributed by atoms with Crippen molar-refractivity contribution in [1.82, 2.24) is 0 Å². The second-order valence-corrected chi connectivity index (χ2v) is 3.08. The molecule has 0 bridgehead atoms. The summed E-state index contributed by atoms with van der Waals surface area (Å²) >= 11 is 0. The second-order valence-electron chi connectivity index (χ2n) is 3.08. The number of carbonyl (C=O) groups excluding carboxylic acids is 2. The van der Waals surface area contributed by atoms with Gasteiger partial charge in [-0.1, -0.05) is 0 Å². The van der Waals surface area contributed by atoms with E-state index in [4.69, 9.17) is 0 Å². The Hall–Kier alpha value is -2.04. The first-order chi connectivity index (χ1) is 6.91. The monoisotopic (exact) mass is 209 g/mol. The summed E-state index contributed by atoms with van der Waals surface area (Å²) in [5.74, 6) is -1.38. The van der Waals surface area contributed by atoms with Crippen molar-refractivity contribution in [3.8, 4) is 11.5 Å². The lowest BCUT2D eigenvalue weighted by Crippen LogP contribution is -2.32. The van der Waals surface area contributed by atoms with Gasteiger partial charge in [-0.25, -0.2) is 0 Å². The fourth-order valence-corrected chi connectivity index (χ4v) is 1.29. The van der Waals surface area contributed by atoms with E-state index in [0.717, 1.165) is 11.0 Å². The molecule has 5 heteroatoms. The summed E-state index contributed by atoms with van der Waals surface area (Å²) < 4.78 is 0. The number of benzene rings is 1. The molecule has 0 saturated heterocycles. The van der Waals surface area contributed by atoms with Crippen molar-refractivity contribution in [1.29, 1.82) is 0 Å². The number of imide groups is 1. The molecule has 0 fully saturated rings. The Morgan fingerprint density at radius 2 is 1.40 bits per heavy atom. The number of anilines is 1. The van der Waals surface area contributed by atoms with Crippen LogP contribution < -0.4 is 4.90 Å². The third-order valence-electron chi connectivity index (χ3n) is 1.78. The van der Waals surface area contributed by atoms with E-state index in [1.807, 2.05) is 0 Å². The van der Waals surface area contributed by atoms with Crippen LogP contribution in [-0.4, -0.2) is 22.0 Å². The summed E-state index contributed by atoms with van der Waals surface area (Å²) in [6, 6.07) is 3.56. The first kappa shape index (κ1) is 11.0. The average Bonchev–Trinajstić information content (AvgIpc) is 1.99. The van der Waals surface area contributed by atoms with Crippen LogP contribution in [0, 0.1) is 0 Å². The standard InChI is InChI=1S/C10H11NO4/c1-6(12)11(7(2)13)8-3-9(14)5-10(15)4-8/h3-5,14-15H,1-2H3. The SMILES string of the molecule is CC(=O)N(C(C)=O)c1cc(O)cc(O)c1. The number of rotatable bonds is 1. The van der Waals surface area contributed by atoms with Crippen LogP contribution in [0.1, 0.15) is 13.8 Å². The molecule has 0 radical (unpaired) electrons. The largest absolute Gasteiger partial charge is 0.508 e. The van der Waals surface area contributed by atoms with Crippen molar-refractivity contribution < 1.29 is 19.8 Å². The van der Waals surface area contributed by atoms with Crippen LogP contribution in [0.25, 0.3) is 0 Å². The van der Waals surface area contributed by atoms with Gasteiger partial charge in [0.2, 0.25) is 11.8 Å². The van der Waals surface area contributed by atoms with Gasteiger partial charge in [0.25, 0.3) is 0 Å². The van der Waals surface area contributed by atoms with Crippen LogP contribution in [0.15, 0.2) is 18.2 Å². The lowest BCUT2D eigenvalue weighted by atomic mass is 10.2. The Bertz CT molecular complexity index is 380. The maximum atomic E-state index is 11.2. The van der Waals surface area contributed by atoms with E-state index in [-0.39, 0.29) is 17.2 Å². The fraction of sp³-hybridized carbons (Fsp3) is 0.200. The Kier molecular flexibility index (Phi) is 2.94. The van der Waals surface area contributed by atoms with E-state index in [9.17, 15) is 19.8 Å². The molecule has 0 atom stereocenters. The Balaban J connectivity index is 3.22. The van der Waals surface area contributed by atoms with Crippen molar-refractivity contribution in [2.24, 2.45) is 0 Å². The minimum Gasteiger partial charge on any atom is -0.508 e. The molecule has 15 heavy (non-hydrogen) atoms. The van der Waals surface area contributed by atoms with Gasteiger partial charge in [0.05, 0.1) is 5.69 Å². The number of nitrogens with zero attached hydrogens (tertiary/aromatic N) is 1. The molecule has 5 nitrogen and oxygen atoms in total. The van der Waals surface area contributed by atoms with Crippen LogP contribution in [0.2, 0.25) is 0 Å². The predicted octanol–water partition coefficient (Wildman–Crippen LogP) is 0.997. The van der Waals surface area contributed by atoms with Gasteiger partial charge >= 0.3 is 0 Å². The molecule has 0 aromatic heterocycles. The van der Waals surface area contributed by atoms with E-state index in [1.54, 1.807) is 0 Å². The van der Waals surface area contributed by atoms with E-state index in [0.29, 0.717) is 0 Å². The highest BCUT2D eigenvalue weighted by Crippen LogP contribution is 2.27. The zero-order valence-corrected chi connectivity index (χ0v) is 8.39. The molecule has 0 spiro atoms. The lowest BCUT2D eigenvalue weighted by Gasteiger charge is -2.17. The summed E-state index contributed by atoms with van der Waals surface area (Å²) in [7, 11) is 0. The molecule has 0 unspecified atom stereocenters. The minimum atomic E-state index is -0.479. The molecule has 1 rings (SSSR count). The van der Waals surface area contributed by atoms with Crippen LogP contribution >= 0.6 is 0 Å². The molecule has 0 aliphatic carbocycles. The minimum absolute atomic E-state index is 0.146. The van der Waals surface area contributed by atoms with Crippen molar-refractivity contribution in [2.75, 3.05) is 4.90 Å². The molecule has 1 aromatic rings. The molecule has 0 heterocycles. The fourth-order valence-electron chi connectivity index (χ4n) is 1.29. The maximum Gasteiger partial charge on any atom is 0.230 e. The number of phenols is 2. The van der Waals surface area contributed by atoms with Crippen molar-refractivity contribution in [3.05, 3.63) is 18.2 Å². The first-order valence-corrected chi connectivity index (χ1v) is 4.26. The van der Waals surface area contributed by atoms with Gasteiger partial charge in [-0.15, -0.1) is 0 Å². The Labute approximate surface area is 86.6 Å². The molecular weight excluding hydrogens is 198 g/mol. The summed E-state index contributed by atoms with van der Waals surface area (Å²) in [6.45, 7) is 2.45. The van der Waals surface area contributed by atoms with E-state index in [2.05, 4.69) is 0 Å². The van der Waals surface area contributed by atoms with Gasteiger partial charge in [-0.2, -0.15) is 0 Å². The average molecular weight is 209 g/mol. The zero-order chi connectivity index (χ0) is 11.6. The van der Waals surface area contributed by atoms with Crippen molar-refractivity contribution >= 4 is 17.5 Å². The maximum absolute atomic E-state index is 11.2. The molecular formula is C10H11NO4. The quantitative estimate of drug-likeness (QED) is 0.723. The van der Waals surface area contributed by atoms with Crippen LogP contribution in [0.4, 0.5) is 5.69 Å². The Morgan fingerprint density at radius 3 is 1.73 bits per heavy atom. The van der Waals surface area contributed by atoms with Crippen LogP contribution in [-0.2, 0) is 9.59 Å². The highest BCUT2D eigenvalue weighted by atomic mass is 16.3. The molecule has 0 saturated carbocycles. The van der Waals surface area contributed by atoms with Gasteiger partial charge in [0.1, 0.15) is 11.5 Å². The highest BCUT2D eigenvalue weighted by molar-refractivity contribution is 6.13. The molecule has 2 amide bonds. The summed E-state index contributed by atoms with van der Waals surface area (Å²) in [4.78, 5) is 23.2. The summed E-state index contributed by atoms with van der Waals surface area (Å²) in [6.07, 6.45) is 0. The number of aromatic hydroxyl groups is 2. The predicted molar refractivity (Wildman–Crippen MR) is 53.6 cm³/mol.